The lowest BCUT2D eigenvalue weighted by atomic mass is 9.59. The van der Waals surface area contributed by atoms with Gasteiger partial charge in [0.05, 0.1) is 26.3 Å². The zero-order valence-corrected chi connectivity index (χ0v) is 19.2. The first-order valence-corrected chi connectivity index (χ1v) is 11.7. The van der Waals surface area contributed by atoms with Crippen LogP contribution in [-0.4, -0.2) is 32.2 Å². The molecular formula is C26H28ClNO4. The van der Waals surface area contributed by atoms with Crippen molar-refractivity contribution in [1.29, 1.82) is 0 Å². The van der Waals surface area contributed by atoms with Crippen LogP contribution in [-0.2, 0) is 24.5 Å². The summed E-state index contributed by atoms with van der Waals surface area (Å²) in [6, 6.07) is 15.6. The molecule has 2 heterocycles. The maximum Gasteiger partial charge on any atom is 0.325 e. The van der Waals surface area contributed by atoms with Crippen molar-refractivity contribution in [1.82, 2.24) is 0 Å². The van der Waals surface area contributed by atoms with E-state index in [0.717, 1.165) is 48.9 Å². The second kappa shape index (κ2) is 7.80. The summed E-state index contributed by atoms with van der Waals surface area (Å²) in [5, 5.41) is 0.674. The van der Waals surface area contributed by atoms with E-state index in [4.69, 9.17) is 21.1 Å². The predicted octanol–water partition coefficient (Wildman–Crippen LogP) is 5.21. The van der Waals surface area contributed by atoms with Crippen molar-refractivity contribution in [3.63, 3.8) is 0 Å². The standard InChI is InChI=1S/C26H28ClNO4/c1-31-23(29)26(24(30)32-2)16-21(17-9-5-3-6-10-17)28-20-12-11-18(27)15-19(20)25(22(26)28)13-7-4-8-14-25/h3,5-6,9-12,15,21-22H,4,7-8,13-14,16H2,1-2H3/t21-,22+/m0/s1. The molecule has 5 nitrogen and oxygen atoms in total. The number of carbonyl (C=O) groups excluding carboxylic acids is 2. The van der Waals surface area contributed by atoms with E-state index in [1.54, 1.807) is 0 Å². The molecule has 0 bridgehead atoms. The van der Waals surface area contributed by atoms with Gasteiger partial charge in [-0.3, -0.25) is 9.59 Å². The zero-order valence-electron chi connectivity index (χ0n) is 18.5. The highest BCUT2D eigenvalue weighted by molar-refractivity contribution is 6.30. The molecule has 6 heteroatoms. The van der Waals surface area contributed by atoms with Crippen LogP contribution in [0.2, 0.25) is 5.02 Å². The van der Waals surface area contributed by atoms with Crippen molar-refractivity contribution < 1.29 is 19.1 Å². The van der Waals surface area contributed by atoms with E-state index in [1.165, 1.54) is 14.2 Å². The number of carbonyl (C=O) groups is 2. The van der Waals surface area contributed by atoms with Crippen molar-refractivity contribution in [2.45, 2.75) is 56.0 Å². The van der Waals surface area contributed by atoms with Crippen LogP contribution < -0.4 is 4.90 Å². The highest BCUT2D eigenvalue weighted by atomic mass is 35.5. The number of nitrogens with zero attached hydrogens (tertiary/aromatic N) is 1. The summed E-state index contributed by atoms with van der Waals surface area (Å²) in [5.74, 6) is -1.02. The number of ether oxygens (including phenoxy) is 2. The van der Waals surface area contributed by atoms with Crippen LogP contribution in [0.25, 0.3) is 0 Å². The van der Waals surface area contributed by atoms with E-state index in [9.17, 15) is 9.59 Å². The van der Waals surface area contributed by atoms with Crippen molar-refractivity contribution in [3.8, 4) is 0 Å². The number of fused-ring (bicyclic) bond motifs is 5. The maximum absolute atomic E-state index is 13.5. The minimum atomic E-state index is -1.41. The molecular weight excluding hydrogens is 426 g/mol. The van der Waals surface area contributed by atoms with E-state index in [2.05, 4.69) is 23.1 Å². The Bertz CT molecular complexity index is 1030. The van der Waals surface area contributed by atoms with Gasteiger partial charge in [-0.1, -0.05) is 61.2 Å². The third-order valence-electron chi connectivity index (χ3n) is 7.92. The van der Waals surface area contributed by atoms with Crippen LogP contribution in [0, 0.1) is 5.41 Å². The van der Waals surface area contributed by atoms with Gasteiger partial charge in [-0.15, -0.1) is 0 Å². The molecule has 1 saturated carbocycles. The molecule has 3 aliphatic rings. The second-order valence-electron chi connectivity index (χ2n) is 9.27. The summed E-state index contributed by atoms with van der Waals surface area (Å²) in [6.07, 6.45) is 5.37. The molecule has 2 aromatic rings. The fraction of sp³-hybridized carbons (Fsp3) is 0.462. The molecule has 32 heavy (non-hydrogen) atoms. The molecule has 0 radical (unpaired) electrons. The van der Waals surface area contributed by atoms with Gasteiger partial charge in [-0.25, -0.2) is 0 Å². The van der Waals surface area contributed by atoms with E-state index in [-0.39, 0.29) is 17.5 Å². The summed E-state index contributed by atoms with van der Waals surface area (Å²) in [6.45, 7) is 0. The Morgan fingerprint density at radius 1 is 0.969 bits per heavy atom. The first-order chi connectivity index (χ1) is 15.5. The summed E-state index contributed by atoms with van der Waals surface area (Å²) < 4.78 is 10.6. The van der Waals surface area contributed by atoms with E-state index in [0.29, 0.717) is 11.4 Å². The molecule has 0 N–H and O–H groups in total. The van der Waals surface area contributed by atoms with Gasteiger partial charge in [0.2, 0.25) is 0 Å². The number of methoxy groups -OCH3 is 2. The molecule has 2 aromatic carbocycles. The molecule has 2 atom stereocenters. The normalized spacial score (nSPS) is 24.7. The lowest BCUT2D eigenvalue weighted by Gasteiger charge is -2.45. The fourth-order valence-electron chi connectivity index (χ4n) is 6.77. The summed E-state index contributed by atoms with van der Waals surface area (Å²) >= 11 is 6.48. The first-order valence-electron chi connectivity index (χ1n) is 11.3. The third kappa shape index (κ3) is 2.76. The monoisotopic (exact) mass is 453 g/mol. The molecule has 0 aromatic heterocycles. The number of hydrogen-bond acceptors (Lipinski definition) is 5. The van der Waals surface area contributed by atoms with Crippen LogP contribution in [0.5, 0.6) is 0 Å². The predicted molar refractivity (Wildman–Crippen MR) is 123 cm³/mol. The molecule has 1 aliphatic carbocycles. The third-order valence-corrected chi connectivity index (χ3v) is 8.16. The van der Waals surface area contributed by atoms with Gasteiger partial charge in [-0.05, 0) is 42.2 Å². The maximum atomic E-state index is 13.5. The van der Waals surface area contributed by atoms with Gasteiger partial charge in [0, 0.05) is 22.5 Å². The number of anilines is 1. The van der Waals surface area contributed by atoms with E-state index >= 15 is 0 Å². The number of rotatable bonds is 3. The van der Waals surface area contributed by atoms with E-state index in [1.807, 2.05) is 30.3 Å². The van der Waals surface area contributed by atoms with Gasteiger partial charge in [0.1, 0.15) is 0 Å². The van der Waals surface area contributed by atoms with Crippen LogP contribution in [0.3, 0.4) is 0 Å². The van der Waals surface area contributed by atoms with Crippen molar-refractivity contribution in [2.75, 3.05) is 19.1 Å². The lowest BCUT2D eigenvalue weighted by Crippen LogP contribution is -2.58. The largest absolute Gasteiger partial charge is 0.468 e. The minimum absolute atomic E-state index is 0.152. The Morgan fingerprint density at radius 3 is 2.25 bits per heavy atom. The lowest BCUT2D eigenvalue weighted by molar-refractivity contribution is -0.171. The SMILES string of the molecule is COC(=O)C1(C(=O)OC)C[C@@H](c2ccccc2)N2c3ccc(Cl)cc3C3(CCCCC3)[C@@H]21. The number of hydrogen-bond donors (Lipinski definition) is 0. The molecule has 5 rings (SSSR count). The van der Waals surface area contributed by atoms with Crippen molar-refractivity contribution in [3.05, 3.63) is 64.7 Å². The van der Waals surface area contributed by atoms with Crippen LogP contribution in [0.15, 0.2) is 48.5 Å². The van der Waals surface area contributed by atoms with Crippen LogP contribution in [0.4, 0.5) is 5.69 Å². The Balaban J connectivity index is 1.81. The Labute approximate surface area is 193 Å². The van der Waals surface area contributed by atoms with E-state index < -0.39 is 17.4 Å². The second-order valence-corrected chi connectivity index (χ2v) is 9.71. The van der Waals surface area contributed by atoms with Gasteiger partial charge in [-0.2, -0.15) is 0 Å². The molecule has 1 saturated heterocycles. The van der Waals surface area contributed by atoms with Gasteiger partial charge in [0.15, 0.2) is 5.41 Å². The minimum Gasteiger partial charge on any atom is -0.468 e. The average molecular weight is 454 g/mol. The summed E-state index contributed by atoms with van der Waals surface area (Å²) in [7, 11) is 2.72. The van der Waals surface area contributed by atoms with Gasteiger partial charge < -0.3 is 14.4 Å². The first kappa shape index (κ1) is 21.3. The smallest absolute Gasteiger partial charge is 0.325 e. The zero-order chi connectivity index (χ0) is 22.5. The molecule has 2 aliphatic heterocycles. The Hall–Kier alpha value is -2.53. The highest BCUT2D eigenvalue weighted by Gasteiger charge is 2.72. The fourth-order valence-corrected chi connectivity index (χ4v) is 6.95. The average Bonchev–Trinajstić information content (AvgIpc) is 3.33. The van der Waals surface area contributed by atoms with Crippen LogP contribution in [0.1, 0.15) is 55.7 Å². The Kier molecular flexibility index (Phi) is 5.20. The molecule has 1 spiro atoms. The topological polar surface area (TPSA) is 55.8 Å². The summed E-state index contributed by atoms with van der Waals surface area (Å²) in [5.41, 5.74) is 1.51. The highest BCUT2D eigenvalue weighted by Crippen LogP contribution is 2.66. The molecule has 0 amide bonds. The van der Waals surface area contributed by atoms with Gasteiger partial charge >= 0.3 is 11.9 Å². The number of esters is 2. The van der Waals surface area contributed by atoms with Crippen LogP contribution >= 0.6 is 11.6 Å². The quantitative estimate of drug-likeness (QED) is 0.471. The Morgan fingerprint density at radius 2 is 1.62 bits per heavy atom. The number of halogens is 1. The number of benzene rings is 2. The molecule has 0 unspecified atom stereocenters. The van der Waals surface area contributed by atoms with Crippen molar-refractivity contribution in [2.24, 2.45) is 5.41 Å². The summed E-state index contributed by atoms with van der Waals surface area (Å²) in [4.78, 5) is 29.4. The molecule has 168 valence electrons. The van der Waals surface area contributed by atoms with Crippen molar-refractivity contribution >= 4 is 29.2 Å². The molecule has 2 fully saturated rings. The van der Waals surface area contributed by atoms with Gasteiger partial charge in [0.25, 0.3) is 0 Å².